The molecule has 0 spiro atoms. The third-order valence-corrected chi connectivity index (χ3v) is 3.38. The SMILES string of the molecule is c1cc2sccc2c(NCc2cc[nH]c2)n1. The van der Waals surface area contributed by atoms with Gasteiger partial charge in [0.25, 0.3) is 0 Å². The first kappa shape index (κ1) is 9.42. The molecule has 16 heavy (non-hydrogen) atoms. The Balaban J connectivity index is 1.86. The minimum Gasteiger partial charge on any atom is -0.367 e. The number of anilines is 1. The highest BCUT2D eigenvalue weighted by atomic mass is 32.1. The zero-order valence-corrected chi connectivity index (χ0v) is 9.42. The van der Waals surface area contributed by atoms with E-state index >= 15 is 0 Å². The van der Waals surface area contributed by atoms with Gasteiger partial charge in [-0.2, -0.15) is 0 Å². The van der Waals surface area contributed by atoms with Crippen molar-refractivity contribution in [2.75, 3.05) is 5.32 Å². The van der Waals surface area contributed by atoms with Crippen LogP contribution in [0.4, 0.5) is 5.82 Å². The summed E-state index contributed by atoms with van der Waals surface area (Å²) in [5.41, 5.74) is 1.23. The molecular formula is C12H11N3S. The van der Waals surface area contributed by atoms with E-state index in [0.29, 0.717) is 0 Å². The molecule has 0 unspecified atom stereocenters. The molecule has 0 aliphatic carbocycles. The number of pyridine rings is 1. The van der Waals surface area contributed by atoms with Crippen molar-refractivity contribution in [1.82, 2.24) is 9.97 Å². The van der Waals surface area contributed by atoms with Gasteiger partial charge in [-0.05, 0) is 29.1 Å². The van der Waals surface area contributed by atoms with Crippen LogP contribution in [0.1, 0.15) is 5.56 Å². The first-order valence-electron chi connectivity index (χ1n) is 5.11. The van der Waals surface area contributed by atoms with Gasteiger partial charge < -0.3 is 10.3 Å². The average molecular weight is 229 g/mol. The number of aromatic nitrogens is 2. The largest absolute Gasteiger partial charge is 0.367 e. The lowest BCUT2D eigenvalue weighted by atomic mass is 10.3. The molecule has 80 valence electrons. The normalized spacial score (nSPS) is 10.8. The summed E-state index contributed by atoms with van der Waals surface area (Å²) in [6, 6.07) is 6.20. The van der Waals surface area contributed by atoms with E-state index in [1.54, 1.807) is 11.3 Å². The quantitative estimate of drug-likeness (QED) is 0.724. The van der Waals surface area contributed by atoms with E-state index in [2.05, 4.69) is 32.8 Å². The molecule has 0 aromatic carbocycles. The highest BCUT2D eigenvalue weighted by Crippen LogP contribution is 2.25. The van der Waals surface area contributed by atoms with E-state index in [9.17, 15) is 0 Å². The summed E-state index contributed by atoms with van der Waals surface area (Å²) in [6.45, 7) is 0.797. The summed E-state index contributed by atoms with van der Waals surface area (Å²) in [5.74, 6) is 0.958. The molecule has 4 heteroatoms. The first-order chi connectivity index (χ1) is 7.93. The summed E-state index contributed by atoms with van der Waals surface area (Å²) in [5, 5.41) is 6.64. The zero-order valence-electron chi connectivity index (χ0n) is 8.60. The molecule has 0 aliphatic rings. The van der Waals surface area contributed by atoms with Gasteiger partial charge in [0, 0.05) is 35.2 Å². The average Bonchev–Trinajstić information content (AvgIpc) is 2.97. The van der Waals surface area contributed by atoms with E-state index in [4.69, 9.17) is 0 Å². The Hall–Kier alpha value is -1.81. The van der Waals surface area contributed by atoms with Crippen LogP contribution in [0.5, 0.6) is 0 Å². The molecule has 3 aromatic rings. The highest BCUT2D eigenvalue weighted by molar-refractivity contribution is 7.17. The maximum absolute atomic E-state index is 4.36. The number of nitrogens with zero attached hydrogens (tertiary/aromatic N) is 1. The fourth-order valence-corrected chi connectivity index (χ4v) is 2.47. The molecule has 0 saturated carbocycles. The molecule has 0 atom stereocenters. The Bertz CT molecular complexity index is 583. The summed E-state index contributed by atoms with van der Waals surface area (Å²) in [7, 11) is 0. The predicted octanol–water partition coefficient (Wildman–Crippen LogP) is 3.24. The maximum atomic E-state index is 4.36. The van der Waals surface area contributed by atoms with E-state index in [1.807, 2.05) is 24.7 Å². The van der Waals surface area contributed by atoms with Crippen molar-refractivity contribution >= 4 is 27.2 Å². The first-order valence-corrected chi connectivity index (χ1v) is 5.99. The molecule has 3 aromatic heterocycles. The van der Waals surface area contributed by atoms with Gasteiger partial charge in [-0.15, -0.1) is 11.3 Å². The van der Waals surface area contributed by atoms with Crippen molar-refractivity contribution in [3.63, 3.8) is 0 Å². The van der Waals surface area contributed by atoms with E-state index in [-0.39, 0.29) is 0 Å². The van der Waals surface area contributed by atoms with Crippen LogP contribution in [0, 0.1) is 0 Å². The van der Waals surface area contributed by atoms with Crippen LogP contribution >= 0.6 is 11.3 Å². The lowest BCUT2D eigenvalue weighted by molar-refractivity contribution is 1.12. The number of H-pyrrole nitrogens is 1. The van der Waals surface area contributed by atoms with Crippen molar-refractivity contribution in [2.24, 2.45) is 0 Å². The molecule has 3 nitrogen and oxygen atoms in total. The van der Waals surface area contributed by atoms with Gasteiger partial charge in [0.05, 0.1) is 0 Å². The number of fused-ring (bicyclic) bond motifs is 1. The molecule has 3 heterocycles. The zero-order chi connectivity index (χ0) is 10.8. The number of aromatic amines is 1. The minimum absolute atomic E-state index is 0.797. The lowest BCUT2D eigenvalue weighted by Gasteiger charge is -2.04. The Morgan fingerprint density at radius 1 is 1.31 bits per heavy atom. The van der Waals surface area contributed by atoms with Gasteiger partial charge in [-0.1, -0.05) is 0 Å². The van der Waals surface area contributed by atoms with Crippen LogP contribution in [0.3, 0.4) is 0 Å². The summed E-state index contributed by atoms with van der Waals surface area (Å²) >= 11 is 1.74. The summed E-state index contributed by atoms with van der Waals surface area (Å²) in [6.07, 6.45) is 5.76. The number of hydrogen-bond donors (Lipinski definition) is 2. The van der Waals surface area contributed by atoms with Gasteiger partial charge in [0.1, 0.15) is 5.82 Å². The topological polar surface area (TPSA) is 40.7 Å². The Morgan fingerprint density at radius 3 is 3.19 bits per heavy atom. The molecule has 0 bridgehead atoms. The van der Waals surface area contributed by atoms with Crippen LogP contribution in [0.25, 0.3) is 10.1 Å². The maximum Gasteiger partial charge on any atom is 0.134 e. The number of thiophene rings is 1. The molecule has 0 fully saturated rings. The van der Waals surface area contributed by atoms with E-state index in [0.717, 1.165) is 12.4 Å². The highest BCUT2D eigenvalue weighted by Gasteiger charge is 2.02. The van der Waals surface area contributed by atoms with Crippen LogP contribution in [-0.4, -0.2) is 9.97 Å². The van der Waals surface area contributed by atoms with E-state index < -0.39 is 0 Å². The molecule has 0 amide bonds. The fraction of sp³-hybridized carbons (Fsp3) is 0.0833. The van der Waals surface area contributed by atoms with Crippen molar-refractivity contribution in [3.05, 3.63) is 47.7 Å². The second kappa shape index (κ2) is 3.98. The van der Waals surface area contributed by atoms with Crippen molar-refractivity contribution in [1.29, 1.82) is 0 Å². The Kier molecular flexibility index (Phi) is 2.34. The standard InChI is InChI=1S/C12H11N3S/c1-4-13-7-9(1)8-15-12-10-3-6-16-11(10)2-5-14-12/h1-7,13H,8H2,(H,14,15). The fourth-order valence-electron chi connectivity index (χ4n) is 1.69. The molecule has 0 saturated heterocycles. The molecule has 0 aliphatic heterocycles. The Morgan fingerprint density at radius 2 is 2.31 bits per heavy atom. The second-order valence-electron chi connectivity index (χ2n) is 3.56. The monoisotopic (exact) mass is 229 g/mol. The second-order valence-corrected chi connectivity index (χ2v) is 4.51. The predicted molar refractivity (Wildman–Crippen MR) is 67.7 cm³/mol. The van der Waals surface area contributed by atoms with Gasteiger partial charge in [0.2, 0.25) is 0 Å². The smallest absolute Gasteiger partial charge is 0.134 e. The van der Waals surface area contributed by atoms with Gasteiger partial charge >= 0.3 is 0 Å². The van der Waals surface area contributed by atoms with E-state index in [1.165, 1.54) is 15.6 Å². The lowest BCUT2D eigenvalue weighted by Crippen LogP contribution is -2.00. The number of nitrogens with one attached hydrogen (secondary N) is 2. The van der Waals surface area contributed by atoms with Crippen LogP contribution in [-0.2, 0) is 6.54 Å². The Labute approximate surface area is 97.2 Å². The van der Waals surface area contributed by atoms with Crippen molar-refractivity contribution < 1.29 is 0 Å². The van der Waals surface area contributed by atoms with Gasteiger partial charge in [-0.25, -0.2) is 4.98 Å². The number of rotatable bonds is 3. The molecule has 2 N–H and O–H groups in total. The van der Waals surface area contributed by atoms with Crippen LogP contribution < -0.4 is 5.32 Å². The minimum atomic E-state index is 0.797. The van der Waals surface area contributed by atoms with Gasteiger partial charge in [0.15, 0.2) is 0 Å². The third kappa shape index (κ3) is 1.67. The third-order valence-electron chi connectivity index (χ3n) is 2.50. The number of hydrogen-bond acceptors (Lipinski definition) is 3. The van der Waals surface area contributed by atoms with Crippen molar-refractivity contribution in [2.45, 2.75) is 6.54 Å². The molecule has 0 radical (unpaired) electrons. The summed E-state index contributed by atoms with van der Waals surface area (Å²) in [4.78, 5) is 7.40. The van der Waals surface area contributed by atoms with Crippen molar-refractivity contribution in [3.8, 4) is 0 Å². The summed E-state index contributed by atoms with van der Waals surface area (Å²) < 4.78 is 1.27. The van der Waals surface area contributed by atoms with Gasteiger partial charge in [-0.3, -0.25) is 0 Å². The molecule has 3 rings (SSSR count). The molecular weight excluding hydrogens is 218 g/mol. The van der Waals surface area contributed by atoms with Crippen LogP contribution in [0.2, 0.25) is 0 Å². The van der Waals surface area contributed by atoms with Crippen LogP contribution in [0.15, 0.2) is 42.2 Å².